The second kappa shape index (κ2) is 12.1. The van der Waals surface area contributed by atoms with Crippen LogP contribution in [0, 0.1) is 6.92 Å². The van der Waals surface area contributed by atoms with E-state index in [1.807, 2.05) is 38.1 Å². The van der Waals surface area contributed by atoms with Crippen molar-refractivity contribution in [3.05, 3.63) is 63.1 Å². The number of ether oxygens (including phenoxy) is 2. The summed E-state index contributed by atoms with van der Waals surface area (Å²) in [4.78, 5) is 29.3. The number of aromatic nitrogens is 1. The van der Waals surface area contributed by atoms with Crippen LogP contribution in [0.25, 0.3) is 0 Å². The zero-order valence-corrected chi connectivity index (χ0v) is 22.1. The van der Waals surface area contributed by atoms with Crippen LogP contribution < -0.4 is 15.5 Å². The molecule has 2 heterocycles. The van der Waals surface area contributed by atoms with E-state index in [0.717, 1.165) is 61.8 Å². The zero-order chi connectivity index (χ0) is 25.5. The van der Waals surface area contributed by atoms with Gasteiger partial charge in [-0.05, 0) is 43.9 Å². The highest BCUT2D eigenvalue weighted by atomic mass is 16.5. The quantitative estimate of drug-likeness (QED) is 0.562. The number of amides is 1. The molecule has 36 heavy (non-hydrogen) atoms. The van der Waals surface area contributed by atoms with Crippen LogP contribution in [0.1, 0.15) is 72.8 Å². The fourth-order valence-corrected chi connectivity index (χ4v) is 5.94. The molecule has 0 spiro atoms. The molecule has 7 nitrogen and oxygen atoms in total. The van der Waals surface area contributed by atoms with E-state index in [1.165, 1.54) is 25.7 Å². The molecule has 0 radical (unpaired) electrons. The van der Waals surface area contributed by atoms with E-state index in [1.54, 1.807) is 13.2 Å². The van der Waals surface area contributed by atoms with Crippen molar-refractivity contribution in [2.24, 2.45) is 0 Å². The first kappa shape index (κ1) is 26.4. The topological polar surface area (TPSA) is 72.8 Å². The fraction of sp³-hybridized carbons (Fsp3) is 0.586. The summed E-state index contributed by atoms with van der Waals surface area (Å²) in [5, 5.41) is 3.22. The average molecular weight is 496 g/mol. The molecule has 2 fully saturated rings. The van der Waals surface area contributed by atoms with Gasteiger partial charge in [0, 0.05) is 49.2 Å². The highest BCUT2D eigenvalue weighted by Crippen LogP contribution is 2.33. The van der Waals surface area contributed by atoms with Crippen LogP contribution in [-0.4, -0.2) is 60.9 Å². The van der Waals surface area contributed by atoms with E-state index < -0.39 is 0 Å². The van der Waals surface area contributed by atoms with E-state index in [-0.39, 0.29) is 22.4 Å². The lowest BCUT2D eigenvalue weighted by Gasteiger charge is -2.45. The van der Waals surface area contributed by atoms with Crippen LogP contribution in [0.5, 0.6) is 5.75 Å². The number of nitrogens with one attached hydrogen (secondary N) is 1. The Morgan fingerprint density at radius 2 is 1.75 bits per heavy atom. The largest absolute Gasteiger partial charge is 0.497 e. The molecule has 1 aromatic carbocycles. The molecule has 0 unspecified atom stereocenters. The third kappa shape index (κ3) is 5.84. The molecule has 1 aromatic heterocycles. The lowest BCUT2D eigenvalue weighted by atomic mass is 9.87. The molecule has 0 atom stereocenters. The van der Waals surface area contributed by atoms with Gasteiger partial charge in [-0.15, -0.1) is 0 Å². The molecule has 4 rings (SSSR count). The van der Waals surface area contributed by atoms with Crippen LogP contribution in [0.15, 0.2) is 35.1 Å². The van der Waals surface area contributed by atoms with Gasteiger partial charge in [0.25, 0.3) is 5.91 Å². The second-order valence-electron chi connectivity index (χ2n) is 10.2. The fourth-order valence-electron chi connectivity index (χ4n) is 5.94. The maximum atomic E-state index is 13.6. The highest BCUT2D eigenvalue weighted by molar-refractivity contribution is 5.95. The lowest BCUT2D eigenvalue weighted by Crippen LogP contribution is -2.59. The van der Waals surface area contributed by atoms with Crippen molar-refractivity contribution in [1.29, 1.82) is 0 Å². The number of benzene rings is 1. The average Bonchev–Trinajstić information content (AvgIpc) is 3.16. The SMILES string of the molecule is CCc1c(C(=O)NCC2(N3CCOCC3)CCCCCC2)c(=O)cc(C)n1Cc1ccc(OC)cc1. The van der Waals surface area contributed by atoms with Crippen LogP contribution in [0.4, 0.5) is 0 Å². The number of pyridine rings is 1. The Hall–Kier alpha value is -2.64. The summed E-state index contributed by atoms with van der Waals surface area (Å²) in [5.41, 5.74) is 2.76. The van der Waals surface area contributed by atoms with Crippen LogP contribution in [-0.2, 0) is 17.7 Å². The van der Waals surface area contributed by atoms with Gasteiger partial charge in [0.05, 0.1) is 20.3 Å². The van der Waals surface area contributed by atoms with Crippen molar-refractivity contribution < 1.29 is 14.3 Å². The van der Waals surface area contributed by atoms with Gasteiger partial charge in [-0.3, -0.25) is 14.5 Å². The molecule has 7 heteroatoms. The van der Waals surface area contributed by atoms with Gasteiger partial charge in [0.15, 0.2) is 5.43 Å². The number of nitrogens with zero attached hydrogens (tertiary/aromatic N) is 2. The Balaban J connectivity index is 1.59. The van der Waals surface area contributed by atoms with Gasteiger partial charge in [0.1, 0.15) is 11.3 Å². The molecule has 1 saturated carbocycles. The van der Waals surface area contributed by atoms with Gasteiger partial charge in [-0.2, -0.15) is 0 Å². The van der Waals surface area contributed by atoms with Gasteiger partial charge < -0.3 is 19.4 Å². The molecule has 1 saturated heterocycles. The molecule has 2 aliphatic rings. The van der Waals surface area contributed by atoms with Gasteiger partial charge >= 0.3 is 0 Å². The van der Waals surface area contributed by atoms with Crippen LogP contribution in [0.2, 0.25) is 0 Å². The molecule has 1 aliphatic heterocycles. The number of methoxy groups -OCH3 is 1. The van der Waals surface area contributed by atoms with Gasteiger partial charge in [-0.1, -0.05) is 44.7 Å². The Morgan fingerprint density at radius 1 is 1.08 bits per heavy atom. The summed E-state index contributed by atoms with van der Waals surface area (Å²) in [6, 6.07) is 9.51. The second-order valence-corrected chi connectivity index (χ2v) is 10.2. The third-order valence-electron chi connectivity index (χ3n) is 7.98. The predicted molar refractivity (Wildman–Crippen MR) is 142 cm³/mol. The normalized spacial score (nSPS) is 18.4. The summed E-state index contributed by atoms with van der Waals surface area (Å²) >= 11 is 0. The van der Waals surface area contributed by atoms with E-state index >= 15 is 0 Å². The Kier molecular flexibility index (Phi) is 8.86. The summed E-state index contributed by atoms with van der Waals surface area (Å²) < 4.78 is 13.0. The van der Waals surface area contributed by atoms with Crippen molar-refractivity contribution in [3.63, 3.8) is 0 Å². The summed E-state index contributed by atoms with van der Waals surface area (Å²) in [6.07, 6.45) is 7.58. The number of carbonyl (C=O) groups is 1. The first-order chi connectivity index (χ1) is 17.5. The van der Waals surface area contributed by atoms with Gasteiger partial charge in [0.2, 0.25) is 0 Å². The molecular weight excluding hydrogens is 454 g/mol. The predicted octanol–water partition coefficient (Wildman–Crippen LogP) is 3.93. The van der Waals surface area contributed by atoms with Crippen molar-refractivity contribution in [3.8, 4) is 5.75 Å². The first-order valence-electron chi connectivity index (χ1n) is 13.4. The van der Waals surface area contributed by atoms with Crippen LogP contribution >= 0.6 is 0 Å². The van der Waals surface area contributed by atoms with E-state index in [0.29, 0.717) is 19.5 Å². The number of rotatable bonds is 8. The zero-order valence-electron chi connectivity index (χ0n) is 22.1. The lowest BCUT2D eigenvalue weighted by molar-refractivity contribution is -0.0281. The molecule has 2 aromatic rings. The standard InChI is InChI=1S/C29H41N3O4/c1-4-25-27(26(33)19-22(2)32(25)20-23-9-11-24(35-3)12-10-23)28(34)30-21-29(13-7-5-6-8-14-29)31-15-17-36-18-16-31/h9-12,19H,4-8,13-18,20-21H2,1-3H3,(H,30,34). The Labute approximate surface area is 214 Å². The van der Waals surface area contributed by atoms with Crippen molar-refractivity contribution in [2.45, 2.75) is 70.9 Å². The summed E-state index contributed by atoms with van der Waals surface area (Å²) in [5.74, 6) is 0.552. The summed E-state index contributed by atoms with van der Waals surface area (Å²) in [6.45, 7) is 8.39. The number of aryl methyl sites for hydroxylation is 1. The molecule has 196 valence electrons. The monoisotopic (exact) mass is 495 g/mol. The maximum Gasteiger partial charge on any atom is 0.257 e. The minimum Gasteiger partial charge on any atom is -0.497 e. The van der Waals surface area contributed by atoms with Crippen LogP contribution in [0.3, 0.4) is 0 Å². The Bertz CT molecular complexity index is 1080. The molecule has 1 N–H and O–H groups in total. The number of carbonyl (C=O) groups excluding carboxylic acids is 1. The highest BCUT2D eigenvalue weighted by Gasteiger charge is 2.38. The van der Waals surface area contributed by atoms with Crippen molar-refractivity contribution >= 4 is 5.91 Å². The minimum absolute atomic E-state index is 0.0604. The Morgan fingerprint density at radius 3 is 2.36 bits per heavy atom. The van der Waals surface area contributed by atoms with Crippen molar-refractivity contribution in [1.82, 2.24) is 14.8 Å². The van der Waals surface area contributed by atoms with E-state index in [9.17, 15) is 9.59 Å². The smallest absolute Gasteiger partial charge is 0.257 e. The third-order valence-corrected chi connectivity index (χ3v) is 7.98. The molecular formula is C29H41N3O4. The van der Waals surface area contributed by atoms with Gasteiger partial charge in [-0.25, -0.2) is 0 Å². The number of hydrogen-bond acceptors (Lipinski definition) is 5. The van der Waals surface area contributed by atoms with E-state index in [2.05, 4.69) is 14.8 Å². The molecule has 1 amide bonds. The number of hydrogen-bond donors (Lipinski definition) is 1. The maximum absolute atomic E-state index is 13.6. The molecule has 1 aliphatic carbocycles. The summed E-state index contributed by atoms with van der Waals surface area (Å²) in [7, 11) is 1.65. The molecule has 0 bridgehead atoms. The van der Waals surface area contributed by atoms with Crippen molar-refractivity contribution in [2.75, 3.05) is 40.0 Å². The number of morpholine rings is 1. The minimum atomic E-state index is -0.253. The first-order valence-corrected chi connectivity index (χ1v) is 13.4. The van der Waals surface area contributed by atoms with E-state index in [4.69, 9.17) is 9.47 Å².